The third-order valence-electron chi connectivity index (χ3n) is 4.34. The molecule has 0 spiro atoms. The Morgan fingerprint density at radius 1 is 1.03 bits per heavy atom. The van der Waals surface area contributed by atoms with E-state index in [0.717, 1.165) is 17.1 Å². The standard InChI is InChI=1S/C22H24FN5O2/c1-14-4-5-16(13-19(14)23)21(29)24-10-11-25-22-26-15(2)12-20(28-22)27-17-6-8-18(30-3)9-7-17/h4-9,12-13H,10-11H2,1-3H3,(H,24,29)(H2,25,26,27,28). The molecule has 156 valence electrons. The number of rotatable bonds is 8. The van der Waals surface area contributed by atoms with Gasteiger partial charge in [-0.15, -0.1) is 0 Å². The number of aromatic nitrogens is 2. The Bertz CT molecular complexity index is 1020. The summed E-state index contributed by atoms with van der Waals surface area (Å²) in [7, 11) is 1.62. The topological polar surface area (TPSA) is 88.2 Å². The van der Waals surface area contributed by atoms with E-state index in [2.05, 4.69) is 25.9 Å². The second kappa shape index (κ2) is 9.69. The fourth-order valence-corrected chi connectivity index (χ4v) is 2.72. The van der Waals surface area contributed by atoms with Crippen molar-refractivity contribution in [3.63, 3.8) is 0 Å². The molecule has 30 heavy (non-hydrogen) atoms. The van der Waals surface area contributed by atoms with Gasteiger partial charge in [-0.2, -0.15) is 4.98 Å². The number of nitrogens with zero attached hydrogens (tertiary/aromatic N) is 2. The zero-order valence-corrected chi connectivity index (χ0v) is 17.1. The second-order valence-electron chi connectivity index (χ2n) is 6.72. The lowest BCUT2D eigenvalue weighted by Gasteiger charge is -2.11. The lowest BCUT2D eigenvalue weighted by molar-refractivity contribution is 0.0954. The predicted octanol–water partition coefficient (Wildman–Crippen LogP) is 3.83. The van der Waals surface area contributed by atoms with Crippen molar-refractivity contribution in [2.45, 2.75) is 13.8 Å². The molecule has 0 bridgehead atoms. The number of aryl methyl sites for hydroxylation is 2. The van der Waals surface area contributed by atoms with Crippen LogP contribution in [0, 0.1) is 19.7 Å². The first-order valence-electron chi connectivity index (χ1n) is 9.49. The molecule has 0 aliphatic rings. The highest BCUT2D eigenvalue weighted by molar-refractivity contribution is 5.94. The molecule has 0 fully saturated rings. The van der Waals surface area contributed by atoms with Crippen molar-refractivity contribution in [3.8, 4) is 5.75 Å². The summed E-state index contributed by atoms with van der Waals surface area (Å²) < 4.78 is 18.8. The van der Waals surface area contributed by atoms with Gasteiger partial charge in [-0.05, 0) is 55.8 Å². The molecule has 0 saturated heterocycles. The van der Waals surface area contributed by atoms with E-state index in [9.17, 15) is 9.18 Å². The van der Waals surface area contributed by atoms with Crippen molar-refractivity contribution in [2.24, 2.45) is 0 Å². The zero-order valence-electron chi connectivity index (χ0n) is 17.1. The first-order valence-corrected chi connectivity index (χ1v) is 9.49. The fraction of sp³-hybridized carbons (Fsp3) is 0.227. The molecule has 1 heterocycles. The minimum absolute atomic E-state index is 0.288. The maximum Gasteiger partial charge on any atom is 0.251 e. The quantitative estimate of drug-likeness (QED) is 0.490. The number of ether oxygens (including phenoxy) is 1. The SMILES string of the molecule is COc1ccc(Nc2cc(C)nc(NCCNC(=O)c3ccc(C)c(F)c3)n2)cc1. The van der Waals surface area contributed by atoms with Crippen LogP contribution in [0.3, 0.4) is 0 Å². The van der Waals surface area contributed by atoms with Crippen LogP contribution in [0.1, 0.15) is 21.6 Å². The van der Waals surface area contributed by atoms with E-state index in [1.165, 1.54) is 6.07 Å². The van der Waals surface area contributed by atoms with E-state index in [4.69, 9.17) is 4.74 Å². The van der Waals surface area contributed by atoms with Gasteiger partial charge < -0.3 is 20.7 Å². The third kappa shape index (κ3) is 5.66. The van der Waals surface area contributed by atoms with Gasteiger partial charge in [0.05, 0.1) is 7.11 Å². The summed E-state index contributed by atoms with van der Waals surface area (Å²) in [5.41, 5.74) is 2.46. The molecule has 2 aromatic carbocycles. The first-order chi connectivity index (χ1) is 14.4. The Hall–Kier alpha value is -3.68. The molecule has 1 aromatic heterocycles. The van der Waals surface area contributed by atoms with Crippen molar-refractivity contribution in [1.29, 1.82) is 0 Å². The van der Waals surface area contributed by atoms with E-state index in [1.54, 1.807) is 26.2 Å². The highest BCUT2D eigenvalue weighted by atomic mass is 19.1. The molecule has 0 aliphatic heterocycles. The van der Waals surface area contributed by atoms with Crippen LogP contribution in [0.4, 0.5) is 21.8 Å². The molecule has 1 amide bonds. The number of carbonyl (C=O) groups is 1. The van der Waals surface area contributed by atoms with E-state index in [0.29, 0.717) is 30.4 Å². The van der Waals surface area contributed by atoms with Crippen LogP contribution in [0.25, 0.3) is 0 Å². The number of nitrogens with one attached hydrogen (secondary N) is 3. The van der Waals surface area contributed by atoms with Crippen molar-refractivity contribution < 1.29 is 13.9 Å². The summed E-state index contributed by atoms with van der Waals surface area (Å²) in [5, 5.41) is 9.06. The average molecular weight is 409 g/mol. The van der Waals surface area contributed by atoms with Crippen molar-refractivity contribution in [3.05, 3.63) is 71.2 Å². The number of amides is 1. The van der Waals surface area contributed by atoms with Crippen molar-refractivity contribution in [1.82, 2.24) is 15.3 Å². The molecule has 3 aromatic rings. The van der Waals surface area contributed by atoms with E-state index < -0.39 is 5.82 Å². The van der Waals surface area contributed by atoms with Gasteiger partial charge in [0.25, 0.3) is 5.91 Å². The monoisotopic (exact) mass is 409 g/mol. The van der Waals surface area contributed by atoms with Gasteiger partial charge in [0.2, 0.25) is 5.95 Å². The zero-order chi connectivity index (χ0) is 21.5. The van der Waals surface area contributed by atoms with Crippen LogP contribution in [0.5, 0.6) is 5.75 Å². The fourth-order valence-electron chi connectivity index (χ4n) is 2.72. The van der Waals surface area contributed by atoms with Crippen LogP contribution < -0.4 is 20.7 Å². The smallest absolute Gasteiger partial charge is 0.251 e. The molecule has 7 nitrogen and oxygen atoms in total. The Labute approximate surface area is 174 Å². The number of halogens is 1. The number of hydrogen-bond acceptors (Lipinski definition) is 6. The molecule has 0 radical (unpaired) electrons. The van der Waals surface area contributed by atoms with Crippen LogP contribution in [0.2, 0.25) is 0 Å². The molecule has 3 rings (SSSR count). The van der Waals surface area contributed by atoms with Gasteiger partial charge in [0.15, 0.2) is 0 Å². The number of anilines is 3. The molecule has 3 N–H and O–H groups in total. The average Bonchev–Trinajstić information content (AvgIpc) is 2.73. The molecular formula is C22H24FN5O2. The minimum Gasteiger partial charge on any atom is -0.497 e. The Morgan fingerprint density at radius 2 is 1.80 bits per heavy atom. The number of benzene rings is 2. The Kier molecular flexibility index (Phi) is 6.79. The first kappa shape index (κ1) is 21.0. The Morgan fingerprint density at radius 3 is 2.50 bits per heavy atom. The maximum absolute atomic E-state index is 13.6. The van der Waals surface area contributed by atoms with Crippen LogP contribution in [-0.4, -0.2) is 36.1 Å². The van der Waals surface area contributed by atoms with Gasteiger partial charge in [-0.3, -0.25) is 4.79 Å². The summed E-state index contributed by atoms with van der Waals surface area (Å²) in [6.45, 7) is 4.29. The van der Waals surface area contributed by atoms with Gasteiger partial charge in [-0.1, -0.05) is 6.07 Å². The van der Waals surface area contributed by atoms with Crippen LogP contribution >= 0.6 is 0 Å². The molecular weight excluding hydrogens is 385 g/mol. The minimum atomic E-state index is -0.397. The van der Waals surface area contributed by atoms with Gasteiger partial charge in [-0.25, -0.2) is 9.37 Å². The normalized spacial score (nSPS) is 10.4. The molecule has 0 saturated carbocycles. The van der Waals surface area contributed by atoms with Crippen LogP contribution in [-0.2, 0) is 0 Å². The lowest BCUT2D eigenvalue weighted by Crippen LogP contribution is -2.29. The number of carbonyl (C=O) groups excluding carboxylic acids is 1. The highest BCUT2D eigenvalue weighted by Gasteiger charge is 2.08. The summed E-state index contributed by atoms with van der Waals surface area (Å²) in [6, 6.07) is 13.8. The van der Waals surface area contributed by atoms with Crippen molar-refractivity contribution in [2.75, 3.05) is 30.8 Å². The molecule has 8 heteroatoms. The maximum atomic E-state index is 13.6. The van der Waals surface area contributed by atoms with Gasteiger partial charge in [0.1, 0.15) is 17.4 Å². The lowest BCUT2D eigenvalue weighted by atomic mass is 10.1. The van der Waals surface area contributed by atoms with E-state index >= 15 is 0 Å². The summed E-state index contributed by atoms with van der Waals surface area (Å²) in [6.07, 6.45) is 0. The Balaban J connectivity index is 1.53. The predicted molar refractivity (Wildman–Crippen MR) is 115 cm³/mol. The summed E-state index contributed by atoms with van der Waals surface area (Å²) >= 11 is 0. The van der Waals surface area contributed by atoms with Gasteiger partial charge in [0, 0.05) is 36.1 Å². The number of hydrogen-bond donors (Lipinski definition) is 3. The second-order valence-corrected chi connectivity index (χ2v) is 6.72. The number of methoxy groups -OCH3 is 1. The molecule has 0 unspecified atom stereocenters. The summed E-state index contributed by atoms with van der Waals surface area (Å²) in [4.78, 5) is 20.9. The van der Waals surface area contributed by atoms with Crippen LogP contribution in [0.15, 0.2) is 48.5 Å². The molecule has 0 aliphatic carbocycles. The van der Waals surface area contributed by atoms with E-state index in [-0.39, 0.29) is 11.5 Å². The van der Waals surface area contributed by atoms with Gasteiger partial charge >= 0.3 is 0 Å². The largest absolute Gasteiger partial charge is 0.497 e. The molecule has 0 atom stereocenters. The summed E-state index contributed by atoms with van der Waals surface area (Å²) in [5.74, 6) is 1.14. The van der Waals surface area contributed by atoms with Crippen molar-refractivity contribution >= 4 is 23.4 Å². The highest BCUT2D eigenvalue weighted by Crippen LogP contribution is 2.20. The van der Waals surface area contributed by atoms with E-state index in [1.807, 2.05) is 37.3 Å². The third-order valence-corrected chi connectivity index (χ3v) is 4.34.